The summed E-state index contributed by atoms with van der Waals surface area (Å²) < 4.78 is 0. The number of nitrogens with zero attached hydrogens (tertiary/aromatic N) is 4. The van der Waals surface area contributed by atoms with Crippen molar-refractivity contribution in [1.29, 1.82) is 10.5 Å². The van der Waals surface area contributed by atoms with Crippen LogP contribution in [-0.4, -0.2) is 10.2 Å². The van der Waals surface area contributed by atoms with Gasteiger partial charge >= 0.3 is 0 Å². The summed E-state index contributed by atoms with van der Waals surface area (Å²) in [6, 6.07) is 3.99. The molecule has 7 nitrogen and oxygen atoms in total. The number of hydrogen-bond donors (Lipinski definition) is 2. The van der Waals surface area contributed by atoms with E-state index >= 15 is 0 Å². The number of rotatable bonds is 2. The Morgan fingerprint density at radius 1 is 1.16 bits per heavy atom. The van der Waals surface area contributed by atoms with Crippen LogP contribution in [0.1, 0.15) is 21.7 Å². The van der Waals surface area contributed by atoms with Gasteiger partial charge in [0.1, 0.15) is 17.0 Å². The Hall–Kier alpha value is -2.71. The minimum absolute atomic E-state index is 0.161. The van der Waals surface area contributed by atoms with Crippen LogP contribution in [0, 0.1) is 36.5 Å². The molecule has 2 aromatic rings. The van der Waals surface area contributed by atoms with Gasteiger partial charge in [-0.05, 0) is 19.4 Å². The van der Waals surface area contributed by atoms with Crippen molar-refractivity contribution in [1.82, 2.24) is 10.2 Å². The summed E-state index contributed by atoms with van der Waals surface area (Å²) in [5.74, 6) is 0. The standard InChI is InChI=1S/C11H8N6OS/c1-5-7(3-12)11(19-8(5)4-13)17-15-9-6(2)14-16-10(9)18/h1-2H3,(H2,14,16,18). The molecule has 2 N–H and O–H groups in total. The van der Waals surface area contributed by atoms with Crippen LogP contribution in [0.5, 0.6) is 0 Å². The predicted octanol–water partition coefficient (Wildman–Crippen LogP) is 2.54. The molecule has 2 rings (SSSR count). The molecule has 0 spiro atoms. The second-order valence-corrected chi connectivity index (χ2v) is 4.71. The highest BCUT2D eigenvalue weighted by Crippen LogP contribution is 2.35. The first-order valence-electron chi connectivity index (χ1n) is 5.21. The van der Waals surface area contributed by atoms with Crippen LogP contribution in [0.2, 0.25) is 0 Å². The Labute approximate surface area is 111 Å². The van der Waals surface area contributed by atoms with Crippen molar-refractivity contribution < 1.29 is 0 Å². The van der Waals surface area contributed by atoms with E-state index in [9.17, 15) is 4.79 Å². The SMILES string of the molecule is Cc1[nH][nH]c(=O)c1N=Nc1sc(C#N)c(C)c1C#N. The van der Waals surface area contributed by atoms with Crippen LogP contribution in [0.25, 0.3) is 0 Å². The van der Waals surface area contributed by atoms with Crippen LogP contribution in [0.15, 0.2) is 15.0 Å². The van der Waals surface area contributed by atoms with Gasteiger partial charge in [0, 0.05) is 0 Å². The van der Waals surface area contributed by atoms with E-state index in [2.05, 4.69) is 20.4 Å². The van der Waals surface area contributed by atoms with E-state index in [-0.39, 0.29) is 11.2 Å². The summed E-state index contributed by atoms with van der Waals surface area (Å²) in [5, 5.41) is 31.0. The lowest BCUT2D eigenvalue weighted by Crippen LogP contribution is -1.96. The molecule has 0 unspecified atom stereocenters. The monoisotopic (exact) mass is 272 g/mol. The quantitative estimate of drug-likeness (QED) is 0.817. The van der Waals surface area contributed by atoms with Crippen molar-refractivity contribution in [2.45, 2.75) is 13.8 Å². The van der Waals surface area contributed by atoms with E-state index in [4.69, 9.17) is 10.5 Å². The zero-order valence-electron chi connectivity index (χ0n) is 10.1. The lowest BCUT2D eigenvalue weighted by molar-refractivity contribution is 1.02. The molecule has 2 aromatic heterocycles. The first kappa shape index (κ1) is 12.7. The van der Waals surface area contributed by atoms with Crippen LogP contribution in [-0.2, 0) is 0 Å². The Morgan fingerprint density at radius 2 is 1.89 bits per heavy atom. The highest BCUT2D eigenvalue weighted by Gasteiger charge is 2.14. The molecule has 19 heavy (non-hydrogen) atoms. The van der Waals surface area contributed by atoms with Crippen LogP contribution < -0.4 is 5.56 Å². The van der Waals surface area contributed by atoms with Crippen molar-refractivity contribution in [3.05, 3.63) is 32.1 Å². The summed E-state index contributed by atoms with van der Waals surface area (Å²) in [7, 11) is 0. The first-order valence-corrected chi connectivity index (χ1v) is 6.02. The van der Waals surface area contributed by atoms with Gasteiger partial charge in [-0.1, -0.05) is 0 Å². The van der Waals surface area contributed by atoms with Gasteiger partial charge in [0.2, 0.25) is 0 Å². The molecule has 0 saturated carbocycles. The van der Waals surface area contributed by atoms with Gasteiger partial charge in [-0.25, -0.2) is 0 Å². The zero-order chi connectivity index (χ0) is 14.0. The molecule has 0 atom stereocenters. The van der Waals surface area contributed by atoms with Gasteiger partial charge in [-0.15, -0.1) is 21.6 Å². The molecule has 0 aromatic carbocycles. The maximum atomic E-state index is 11.4. The van der Waals surface area contributed by atoms with Gasteiger partial charge < -0.3 is 5.10 Å². The maximum Gasteiger partial charge on any atom is 0.291 e. The highest BCUT2D eigenvalue weighted by atomic mass is 32.1. The third-order valence-corrected chi connectivity index (χ3v) is 3.60. The number of aromatic nitrogens is 2. The number of nitrogens with one attached hydrogen (secondary N) is 2. The summed E-state index contributed by atoms with van der Waals surface area (Å²) in [6.07, 6.45) is 0. The van der Waals surface area contributed by atoms with E-state index in [0.717, 1.165) is 11.3 Å². The lowest BCUT2D eigenvalue weighted by Gasteiger charge is -1.88. The van der Waals surface area contributed by atoms with Gasteiger partial charge in [0.15, 0.2) is 10.7 Å². The van der Waals surface area contributed by atoms with Gasteiger partial charge in [-0.3, -0.25) is 9.89 Å². The lowest BCUT2D eigenvalue weighted by atomic mass is 10.2. The minimum Gasteiger partial charge on any atom is -0.300 e. The topological polar surface area (TPSA) is 121 Å². The fraction of sp³-hybridized carbons (Fsp3) is 0.182. The van der Waals surface area contributed by atoms with E-state index < -0.39 is 0 Å². The van der Waals surface area contributed by atoms with Crippen molar-refractivity contribution >= 4 is 22.0 Å². The van der Waals surface area contributed by atoms with E-state index in [1.54, 1.807) is 13.8 Å². The third-order valence-electron chi connectivity index (χ3n) is 2.52. The first-order chi connectivity index (χ1) is 9.08. The van der Waals surface area contributed by atoms with E-state index in [0.29, 0.717) is 26.7 Å². The molecule has 0 radical (unpaired) electrons. The number of nitriles is 2. The van der Waals surface area contributed by atoms with Crippen molar-refractivity contribution in [2.75, 3.05) is 0 Å². The molecule has 0 saturated heterocycles. The summed E-state index contributed by atoms with van der Waals surface area (Å²) in [5.41, 5.74) is 1.24. The minimum atomic E-state index is -0.381. The van der Waals surface area contributed by atoms with Crippen LogP contribution in [0.4, 0.5) is 10.7 Å². The smallest absolute Gasteiger partial charge is 0.291 e. The maximum absolute atomic E-state index is 11.4. The average Bonchev–Trinajstić information content (AvgIpc) is 2.88. The molecule has 8 heteroatoms. The Balaban J connectivity index is 2.49. The molecule has 0 fully saturated rings. The van der Waals surface area contributed by atoms with Crippen molar-refractivity contribution in [3.63, 3.8) is 0 Å². The Bertz CT molecular complexity index is 795. The molecule has 0 aliphatic rings. The molecular weight excluding hydrogens is 264 g/mol. The number of aryl methyl sites for hydroxylation is 1. The Kier molecular flexibility index (Phi) is 3.27. The van der Waals surface area contributed by atoms with Crippen LogP contribution >= 0.6 is 11.3 Å². The molecule has 0 aliphatic carbocycles. The number of thiophene rings is 1. The van der Waals surface area contributed by atoms with E-state index in [1.165, 1.54) is 0 Å². The van der Waals surface area contributed by atoms with Crippen molar-refractivity contribution in [3.8, 4) is 12.1 Å². The second-order valence-electron chi connectivity index (χ2n) is 3.71. The molecule has 0 aliphatic heterocycles. The molecule has 0 bridgehead atoms. The van der Waals surface area contributed by atoms with Crippen LogP contribution in [0.3, 0.4) is 0 Å². The normalized spacial score (nSPS) is 10.5. The molecular formula is C11H8N6OS. The van der Waals surface area contributed by atoms with E-state index in [1.807, 2.05) is 12.1 Å². The zero-order valence-corrected chi connectivity index (χ0v) is 10.9. The van der Waals surface area contributed by atoms with Gasteiger partial charge in [0.25, 0.3) is 5.56 Å². The molecule has 0 amide bonds. The number of azo groups is 1. The molecule has 2 heterocycles. The third kappa shape index (κ3) is 2.17. The second kappa shape index (κ2) is 4.88. The number of aromatic amines is 2. The largest absolute Gasteiger partial charge is 0.300 e. The van der Waals surface area contributed by atoms with Gasteiger partial charge in [-0.2, -0.15) is 10.5 Å². The molecule has 94 valence electrons. The fourth-order valence-electron chi connectivity index (χ4n) is 1.46. The summed E-state index contributed by atoms with van der Waals surface area (Å²) in [6.45, 7) is 3.36. The average molecular weight is 272 g/mol. The number of H-pyrrole nitrogens is 2. The van der Waals surface area contributed by atoms with Crippen molar-refractivity contribution in [2.24, 2.45) is 10.2 Å². The Morgan fingerprint density at radius 3 is 2.42 bits per heavy atom. The highest BCUT2D eigenvalue weighted by molar-refractivity contribution is 7.16. The number of hydrogen-bond acceptors (Lipinski definition) is 6. The summed E-state index contributed by atoms with van der Waals surface area (Å²) >= 11 is 1.08. The predicted molar refractivity (Wildman–Crippen MR) is 68.8 cm³/mol. The van der Waals surface area contributed by atoms with Gasteiger partial charge in [0.05, 0.1) is 11.3 Å². The fourth-order valence-corrected chi connectivity index (χ4v) is 2.34. The summed E-state index contributed by atoms with van der Waals surface area (Å²) in [4.78, 5) is 11.8.